The van der Waals surface area contributed by atoms with E-state index < -0.39 is 5.97 Å². The first-order chi connectivity index (χ1) is 1.73. The van der Waals surface area contributed by atoms with Gasteiger partial charge in [-0.1, -0.05) is 0 Å². The van der Waals surface area contributed by atoms with Crippen LogP contribution in [-0.4, -0.2) is 11.1 Å². The fraction of sp³-hybridized carbons (Fsp3) is 0.500. The molecule has 0 heterocycles. The zero-order valence-corrected chi connectivity index (χ0v) is 8.60. The van der Waals surface area contributed by atoms with E-state index in [0.29, 0.717) is 0 Å². The zero-order valence-electron chi connectivity index (χ0n) is 4.76. The molecular formula is C2H6BrKO2. The number of hydrogen-bond donors (Lipinski definition) is 1. The summed E-state index contributed by atoms with van der Waals surface area (Å²) in [5, 5.41) is 7.42. The fourth-order valence-electron chi connectivity index (χ4n) is 0. The van der Waals surface area contributed by atoms with Crippen molar-refractivity contribution >= 4 is 23.0 Å². The molecule has 0 aliphatic heterocycles. The van der Waals surface area contributed by atoms with Crippen molar-refractivity contribution < 1.29 is 62.7 Å². The largest absolute Gasteiger partial charge is 1.00 e. The average molecular weight is 181 g/mol. The van der Waals surface area contributed by atoms with Gasteiger partial charge in [0.1, 0.15) is 0 Å². The molecule has 0 fully saturated rings. The molecule has 0 aromatic rings. The Bertz CT molecular complexity index is 38.7. The van der Waals surface area contributed by atoms with Gasteiger partial charge in [0.15, 0.2) is 0 Å². The molecular weight excluding hydrogens is 175 g/mol. The van der Waals surface area contributed by atoms with Gasteiger partial charge in [-0.25, -0.2) is 0 Å². The van der Waals surface area contributed by atoms with E-state index in [1.165, 1.54) is 0 Å². The molecule has 0 amide bonds. The van der Waals surface area contributed by atoms with Crippen LogP contribution in [0.3, 0.4) is 0 Å². The van der Waals surface area contributed by atoms with Gasteiger partial charge >= 0.3 is 51.4 Å². The van der Waals surface area contributed by atoms with Crippen molar-refractivity contribution in [1.29, 1.82) is 0 Å². The van der Waals surface area contributed by atoms with Crippen LogP contribution >= 0.6 is 17.0 Å². The van der Waals surface area contributed by atoms with Crippen molar-refractivity contribution in [3.05, 3.63) is 0 Å². The van der Waals surface area contributed by atoms with Crippen LogP contribution in [0.1, 0.15) is 8.35 Å². The number of carbonyl (C=O) groups is 1. The molecule has 4 heteroatoms. The Morgan fingerprint density at radius 1 is 1.83 bits per heavy atom. The third kappa shape index (κ3) is 46.7. The van der Waals surface area contributed by atoms with E-state index in [1.54, 1.807) is 0 Å². The van der Waals surface area contributed by atoms with Gasteiger partial charge < -0.3 is 6.53 Å². The fourth-order valence-corrected chi connectivity index (χ4v) is 0. The summed E-state index contributed by atoms with van der Waals surface area (Å²) in [5.74, 6) is -0.833. The van der Waals surface area contributed by atoms with Crippen molar-refractivity contribution in [2.75, 3.05) is 0 Å². The third-order valence-corrected chi connectivity index (χ3v) is 0. The van der Waals surface area contributed by atoms with E-state index in [0.717, 1.165) is 6.92 Å². The van der Waals surface area contributed by atoms with Crippen LogP contribution in [0, 0.1) is 0 Å². The van der Waals surface area contributed by atoms with E-state index in [1.807, 2.05) is 0 Å². The maximum absolute atomic E-state index is 9.00. The topological polar surface area (TPSA) is 37.3 Å². The van der Waals surface area contributed by atoms with Gasteiger partial charge in [-0.3, -0.25) is 4.79 Å². The summed E-state index contributed by atoms with van der Waals surface area (Å²) < 4.78 is 0. The molecule has 0 saturated carbocycles. The van der Waals surface area contributed by atoms with Gasteiger partial charge in [-0.2, -0.15) is 0 Å². The average Bonchev–Trinajstić information content (AvgIpc) is 0.811. The molecule has 0 rings (SSSR count). The predicted octanol–water partition coefficient (Wildman–Crippen LogP) is -2.21. The molecule has 0 atom stereocenters. The molecule has 0 saturated heterocycles. The van der Waals surface area contributed by atoms with Crippen LogP contribution in [-0.2, 0) is 4.79 Å². The standard InChI is InChI=1S/C2H4O2.BrH.K.H/c1-2(3)4;;;/h1H3,(H,3,4);1H;;/q;;+1;-1. The number of rotatable bonds is 0. The van der Waals surface area contributed by atoms with Gasteiger partial charge in [0, 0.05) is 6.92 Å². The van der Waals surface area contributed by atoms with Crippen LogP contribution in [0.5, 0.6) is 0 Å². The van der Waals surface area contributed by atoms with Gasteiger partial charge in [0.05, 0.1) is 0 Å². The second-order valence-electron chi connectivity index (χ2n) is 0.519. The van der Waals surface area contributed by atoms with E-state index in [4.69, 9.17) is 9.90 Å². The number of carboxylic acid groups (broad SMARTS) is 1. The molecule has 0 aromatic heterocycles. The molecule has 1 N–H and O–H groups in total. The van der Waals surface area contributed by atoms with Crippen LogP contribution in [0.2, 0.25) is 0 Å². The number of aliphatic carboxylic acids is 1. The Kier molecular flexibility index (Phi) is 25.5. The number of halogens is 1. The minimum absolute atomic E-state index is 0. The molecule has 0 aromatic carbocycles. The molecule has 0 radical (unpaired) electrons. The van der Waals surface area contributed by atoms with Gasteiger partial charge in [0.25, 0.3) is 5.97 Å². The van der Waals surface area contributed by atoms with Crippen molar-refractivity contribution in [1.82, 2.24) is 0 Å². The normalized spacial score (nSPS) is 4.17. The maximum atomic E-state index is 9.00. The molecule has 6 heavy (non-hydrogen) atoms. The molecule has 2 nitrogen and oxygen atoms in total. The van der Waals surface area contributed by atoms with Crippen molar-refractivity contribution in [3.8, 4) is 0 Å². The molecule has 0 aliphatic rings. The molecule has 0 aliphatic carbocycles. The summed E-state index contributed by atoms with van der Waals surface area (Å²) >= 11 is 0. The summed E-state index contributed by atoms with van der Waals surface area (Å²) in [4.78, 5) is 9.00. The Labute approximate surface area is 91.0 Å². The summed E-state index contributed by atoms with van der Waals surface area (Å²) in [6.07, 6.45) is 0. The number of carboxylic acids is 1. The number of hydrogen-bond acceptors (Lipinski definition) is 1. The van der Waals surface area contributed by atoms with E-state index in [2.05, 4.69) is 0 Å². The SMILES string of the molecule is Br.CC(=O)O.[H-].[K+]. The first-order valence-corrected chi connectivity index (χ1v) is 0.928. The Morgan fingerprint density at radius 2 is 1.83 bits per heavy atom. The van der Waals surface area contributed by atoms with Gasteiger partial charge in [-0.05, 0) is 0 Å². The molecule has 0 unspecified atom stereocenters. The Balaban J connectivity index is -0.0000000150. The minimum atomic E-state index is -0.833. The minimum Gasteiger partial charge on any atom is -1.00 e. The van der Waals surface area contributed by atoms with Crippen LogP contribution in [0.25, 0.3) is 0 Å². The van der Waals surface area contributed by atoms with Crippen LogP contribution in [0.4, 0.5) is 0 Å². The Morgan fingerprint density at radius 3 is 1.83 bits per heavy atom. The second-order valence-corrected chi connectivity index (χ2v) is 0.519. The van der Waals surface area contributed by atoms with Gasteiger partial charge in [0.2, 0.25) is 0 Å². The second kappa shape index (κ2) is 9.77. The van der Waals surface area contributed by atoms with Crippen molar-refractivity contribution in [3.63, 3.8) is 0 Å². The van der Waals surface area contributed by atoms with Crippen LogP contribution < -0.4 is 51.4 Å². The first-order valence-electron chi connectivity index (χ1n) is 0.928. The summed E-state index contributed by atoms with van der Waals surface area (Å²) in [6.45, 7) is 1.08. The quantitative estimate of drug-likeness (QED) is 0.430. The summed E-state index contributed by atoms with van der Waals surface area (Å²) in [5.41, 5.74) is 0. The smallest absolute Gasteiger partial charge is 1.00 e. The third-order valence-electron chi connectivity index (χ3n) is 0. The molecule has 34 valence electrons. The van der Waals surface area contributed by atoms with E-state index >= 15 is 0 Å². The van der Waals surface area contributed by atoms with E-state index in [-0.39, 0.29) is 69.8 Å². The summed E-state index contributed by atoms with van der Waals surface area (Å²) in [6, 6.07) is 0. The van der Waals surface area contributed by atoms with Crippen molar-refractivity contribution in [2.45, 2.75) is 6.92 Å². The van der Waals surface area contributed by atoms with Crippen LogP contribution in [0.15, 0.2) is 0 Å². The predicted molar refractivity (Wildman–Crippen MR) is 24.7 cm³/mol. The monoisotopic (exact) mass is 180 g/mol. The van der Waals surface area contributed by atoms with E-state index in [9.17, 15) is 0 Å². The zero-order chi connectivity index (χ0) is 3.58. The maximum Gasteiger partial charge on any atom is 1.00 e. The molecule has 0 spiro atoms. The molecule has 0 bridgehead atoms. The van der Waals surface area contributed by atoms with Crippen molar-refractivity contribution in [2.24, 2.45) is 0 Å². The first kappa shape index (κ1) is 15.6. The Hall–Kier alpha value is 1.59. The van der Waals surface area contributed by atoms with Gasteiger partial charge in [-0.15, -0.1) is 17.0 Å². The summed E-state index contributed by atoms with van der Waals surface area (Å²) in [7, 11) is 0.